The number of hydrogen-bond acceptors (Lipinski definition) is 8. The van der Waals surface area contributed by atoms with Gasteiger partial charge in [0.1, 0.15) is 11.3 Å². The topological polar surface area (TPSA) is 119 Å². The zero-order valence-electron chi connectivity index (χ0n) is 20.1. The standard InChI is InChI=1S/C25H27N9O/c1-24(2)12-18(13-25(3,4)30-24)34-23-21(28-32-34)11-20(27-29-23)19-6-5-15(10-22(19)35)16-7-8-33-17(9-16)14-26-31-33/h5-11,14,18,30,35H,12-13H2,1-4H3. The number of fused-ring (bicyclic) bond motifs is 2. The maximum atomic E-state index is 10.8. The molecule has 5 heterocycles. The van der Waals surface area contributed by atoms with Crippen LogP contribution in [0.2, 0.25) is 0 Å². The van der Waals surface area contributed by atoms with Crippen LogP contribution in [0.15, 0.2) is 48.8 Å². The Bertz CT molecular complexity index is 1550. The number of rotatable bonds is 3. The van der Waals surface area contributed by atoms with Crippen LogP contribution in [0.1, 0.15) is 46.6 Å². The van der Waals surface area contributed by atoms with Crippen LogP contribution in [-0.4, -0.2) is 56.2 Å². The Labute approximate surface area is 202 Å². The molecule has 0 unspecified atom stereocenters. The van der Waals surface area contributed by atoms with E-state index in [1.165, 1.54) is 0 Å². The van der Waals surface area contributed by atoms with Crippen molar-refractivity contribution in [2.75, 3.05) is 0 Å². The molecule has 6 rings (SSSR count). The number of piperidine rings is 1. The molecule has 1 saturated heterocycles. The van der Waals surface area contributed by atoms with Crippen LogP contribution in [0.3, 0.4) is 0 Å². The highest BCUT2D eigenvalue weighted by Gasteiger charge is 2.39. The predicted octanol–water partition coefficient (Wildman–Crippen LogP) is 3.79. The van der Waals surface area contributed by atoms with Crippen molar-refractivity contribution >= 4 is 16.7 Å². The molecule has 35 heavy (non-hydrogen) atoms. The van der Waals surface area contributed by atoms with Crippen LogP contribution in [0.5, 0.6) is 5.75 Å². The van der Waals surface area contributed by atoms with Crippen molar-refractivity contribution in [1.29, 1.82) is 0 Å². The minimum Gasteiger partial charge on any atom is -0.507 e. The zero-order chi connectivity index (χ0) is 24.4. The molecule has 0 aliphatic carbocycles. The molecule has 1 aromatic carbocycles. The summed E-state index contributed by atoms with van der Waals surface area (Å²) < 4.78 is 3.60. The number of hydrogen-bond donors (Lipinski definition) is 2. The third-order valence-electron chi connectivity index (χ3n) is 6.64. The van der Waals surface area contributed by atoms with Crippen LogP contribution in [0.25, 0.3) is 39.1 Å². The molecule has 0 bridgehead atoms. The molecule has 0 saturated carbocycles. The van der Waals surface area contributed by atoms with Gasteiger partial charge in [0, 0.05) is 22.8 Å². The fourth-order valence-electron chi connectivity index (χ4n) is 5.51. The Hall–Kier alpha value is -3.92. The molecule has 1 aliphatic rings. The molecule has 4 aromatic heterocycles. The largest absolute Gasteiger partial charge is 0.507 e. The van der Waals surface area contributed by atoms with E-state index in [0.29, 0.717) is 22.4 Å². The lowest BCUT2D eigenvalue weighted by atomic mass is 9.80. The van der Waals surface area contributed by atoms with E-state index in [-0.39, 0.29) is 22.9 Å². The monoisotopic (exact) mass is 469 g/mol. The number of pyridine rings is 1. The second kappa shape index (κ2) is 7.54. The van der Waals surface area contributed by atoms with E-state index in [9.17, 15) is 5.11 Å². The summed E-state index contributed by atoms with van der Waals surface area (Å²) in [6, 6.07) is 11.4. The second-order valence-electron chi connectivity index (χ2n) is 10.7. The van der Waals surface area contributed by atoms with E-state index >= 15 is 0 Å². The van der Waals surface area contributed by atoms with Gasteiger partial charge in [-0.3, -0.25) is 0 Å². The molecule has 10 heteroatoms. The zero-order valence-corrected chi connectivity index (χ0v) is 20.1. The van der Waals surface area contributed by atoms with Crippen LogP contribution in [0.4, 0.5) is 0 Å². The van der Waals surface area contributed by atoms with Crippen molar-refractivity contribution in [3.63, 3.8) is 0 Å². The highest BCUT2D eigenvalue weighted by Crippen LogP contribution is 2.37. The molecular weight excluding hydrogens is 442 g/mol. The number of phenolic OH excluding ortho intramolecular Hbond substituents is 1. The molecule has 178 valence electrons. The molecule has 1 aliphatic heterocycles. The van der Waals surface area contributed by atoms with Crippen molar-refractivity contribution in [3.8, 4) is 28.1 Å². The highest BCUT2D eigenvalue weighted by molar-refractivity contribution is 5.80. The van der Waals surface area contributed by atoms with E-state index in [0.717, 1.165) is 29.5 Å². The lowest BCUT2D eigenvalue weighted by molar-refractivity contribution is 0.127. The van der Waals surface area contributed by atoms with Crippen LogP contribution in [0, 0.1) is 0 Å². The average molecular weight is 470 g/mol. The highest BCUT2D eigenvalue weighted by atomic mass is 16.3. The van der Waals surface area contributed by atoms with Gasteiger partial charge in [0.2, 0.25) is 5.65 Å². The number of aromatic hydroxyl groups is 1. The Morgan fingerprint density at radius 1 is 0.914 bits per heavy atom. The first-order valence-corrected chi connectivity index (χ1v) is 11.7. The number of benzene rings is 1. The van der Waals surface area contributed by atoms with Gasteiger partial charge in [0.05, 0.1) is 23.4 Å². The third-order valence-corrected chi connectivity index (χ3v) is 6.64. The second-order valence-corrected chi connectivity index (χ2v) is 10.7. The summed E-state index contributed by atoms with van der Waals surface area (Å²) >= 11 is 0. The SMILES string of the molecule is CC1(C)CC(n2nnc3cc(-c4ccc(-c5ccn6nncc6c5)cc4O)nnc32)CC(C)(C)N1. The number of phenols is 1. The van der Waals surface area contributed by atoms with Gasteiger partial charge < -0.3 is 10.4 Å². The predicted molar refractivity (Wildman–Crippen MR) is 132 cm³/mol. The van der Waals surface area contributed by atoms with Crippen molar-refractivity contribution in [2.24, 2.45) is 0 Å². The molecule has 0 atom stereocenters. The average Bonchev–Trinajstić information content (AvgIpc) is 3.43. The Kier molecular flexibility index (Phi) is 4.65. The molecule has 0 amide bonds. The summed E-state index contributed by atoms with van der Waals surface area (Å²) in [6.07, 6.45) is 5.38. The fraction of sp³-hybridized carbons (Fsp3) is 0.360. The smallest absolute Gasteiger partial charge is 0.201 e. The lowest BCUT2D eigenvalue weighted by Gasteiger charge is -2.46. The van der Waals surface area contributed by atoms with Crippen molar-refractivity contribution in [2.45, 2.75) is 57.7 Å². The van der Waals surface area contributed by atoms with E-state index in [4.69, 9.17) is 0 Å². The van der Waals surface area contributed by atoms with Gasteiger partial charge in [-0.1, -0.05) is 16.5 Å². The van der Waals surface area contributed by atoms with E-state index in [1.54, 1.807) is 16.8 Å². The van der Waals surface area contributed by atoms with Gasteiger partial charge in [0.25, 0.3) is 0 Å². The first-order chi connectivity index (χ1) is 16.7. The van der Waals surface area contributed by atoms with Crippen molar-refractivity contribution in [3.05, 3.63) is 48.8 Å². The number of aromatic nitrogens is 8. The van der Waals surface area contributed by atoms with Crippen molar-refractivity contribution in [1.82, 2.24) is 45.3 Å². The molecule has 10 nitrogen and oxygen atoms in total. The molecule has 0 spiro atoms. The normalized spacial score (nSPS) is 17.8. The van der Waals surface area contributed by atoms with E-state index in [2.05, 4.69) is 63.8 Å². The Balaban J connectivity index is 1.32. The third kappa shape index (κ3) is 3.89. The van der Waals surface area contributed by atoms with Crippen molar-refractivity contribution < 1.29 is 5.11 Å². The van der Waals surface area contributed by atoms with Gasteiger partial charge in [-0.2, -0.15) is 0 Å². The lowest BCUT2D eigenvalue weighted by Crippen LogP contribution is -2.58. The summed E-state index contributed by atoms with van der Waals surface area (Å²) in [5.41, 5.74) is 5.13. The van der Waals surface area contributed by atoms with Crippen LogP contribution < -0.4 is 5.32 Å². The van der Waals surface area contributed by atoms with Gasteiger partial charge >= 0.3 is 0 Å². The van der Waals surface area contributed by atoms with E-state index < -0.39 is 0 Å². The van der Waals surface area contributed by atoms with E-state index in [1.807, 2.05) is 41.2 Å². The number of nitrogens with zero attached hydrogens (tertiary/aromatic N) is 8. The molecule has 0 radical (unpaired) electrons. The summed E-state index contributed by atoms with van der Waals surface area (Å²) in [7, 11) is 0. The summed E-state index contributed by atoms with van der Waals surface area (Å²) in [5, 5.41) is 40.2. The van der Waals surface area contributed by atoms with Gasteiger partial charge in [-0.15, -0.1) is 20.4 Å². The molecule has 5 aromatic rings. The minimum absolute atomic E-state index is 0.0231. The maximum Gasteiger partial charge on any atom is 0.201 e. The van der Waals surface area contributed by atoms with Crippen LogP contribution in [-0.2, 0) is 0 Å². The molecular formula is C25H27N9O. The molecule has 1 fully saturated rings. The minimum atomic E-state index is -0.0231. The summed E-state index contributed by atoms with van der Waals surface area (Å²) in [4.78, 5) is 0. The Morgan fingerprint density at radius 3 is 2.46 bits per heavy atom. The first-order valence-electron chi connectivity index (χ1n) is 11.7. The van der Waals surface area contributed by atoms with Crippen LogP contribution >= 0.6 is 0 Å². The maximum absolute atomic E-state index is 10.8. The Morgan fingerprint density at radius 2 is 1.69 bits per heavy atom. The van der Waals surface area contributed by atoms with Gasteiger partial charge in [-0.05, 0) is 82.0 Å². The molecule has 2 N–H and O–H groups in total. The van der Waals surface area contributed by atoms with Gasteiger partial charge in [0.15, 0.2) is 0 Å². The summed E-state index contributed by atoms with van der Waals surface area (Å²) in [5.74, 6) is 0.122. The van der Waals surface area contributed by atoms with Gasteiger partial charge in [-0.25, -0.2) is 9.20 Å². The number of nitrogens with one attached hydrogen (secondary N) is 1. The first kappa shape index (κ1) is 21.6. The quantitative estimate of drug-likeness (QED) is 0.410. The summed E-state index contributed by atoms with van der Waals surface area (Å²) in [6.45, 7) is 8.84. The fourth-order valence-corrected chi connectivity index (χ4v) is 5.51.